The normalized spacial score (nSPS) is 20.5. The molecule has 0 bridgehead atoms. The van der Waals surface area contributed by atoms with Crippen LogP contribution in [-0.2, 0) is 17.8 Å². The molecule has 1 aromatic heterocycles. The molecule has 3 heterocycles. The van der Waals surface area contributed by atoms with Gasteiger partial charge in [0.1, 0.15) is 5.75 Å². The third kappa shape index (κ3) is 3.52. The van der Waals surface area contributed by atoms with Gasteiger partial charge in [-0.2, -0.15) is 0 Å². The smallest absolute Gasteiger partial charge is 0.152 e. The Kier molecular flexibility index (Phi) is 5.04. The van der Waals surface area contributed by atoms with Crippen LogP contribution in [0.3, 0.4) is 0 Å². The highest BCUT2D eigenvalue weighted by Gasteiger charge is 2.24. The molecule has 1 unspecified atom stereocenters. The lowest BCUT2D eigenvalue weighted by Gasteiger charge is -2.31. The number of ether oxygens (including phenoxy) is 2. The molecule has 1 fully saturated rings. The average molecular weight is 354 g/mol. The Morgan fingerprint density at radius 3 is 2.81 bits per heavy atom. The molecule has 0 saturated carbocycles. The molecule has 1 atom stereocenters. The number of fused-ring (bicyclic) bond motifs is 1. The molecule has 0 spiro atoms. The van der Waals surface area contributed by atoms with Gasteiger partial charge in [0.2, 0.25) is 0 Å². The van der Waals surface area contributed by atoms with Gasteiger partial charge in [-0.3, -0.25) is 0 Å². The Bertz CT molecular complexity index is 763. The minimum atomic E-state index is 0.432. The maximum Gasteiger partial charge on any atom is 0.152 e. The summed E-state index contributed by atoms with van der Waals surface area (Å²) in [4.78, 5) is 2.37. The van der Waals surface area contributed by atoms with Crippen molar-refractivity contribution in [2.45, 2.75) is 31.9 Å². The number of likely N-dealkylation sites (N-methyl/N-ethyl adjacent to an activating group) is 1. The number of anilines is 1. The summed E-state index contributed by atoms with van der Waals surface area (Å²) in [5.41, 5.74) is 4.37. The topological polar surface area (TPSA) is 59.5 Å². The van der Waals surface area contributed by atoms with E-state index in [-0.39, 0.29) is 0 Å². The second kappa shape index (κ2) is 7.60. The van der Waals surface area contributed by atoms with Gasteiger partial charge in [-0.05, 0) is 57.1 Å². The van der Waals surface area contributed by atoms with Crippen molar-refractivity contribution in [1.29, 1.82) is 0 Å². The van der Waals surface area contributed by atoms with E-state index in [9.17, 15) is 0 Å². The predicted molar refractivity (Wildman–Crippen MR) is 102 cm³/mol. The second-order valence-electron chi connectivity index (χ2n) is 7.13. The van der Waals surface area contributed by atoms with Crippen LogP contribution in [0.25, 0.3) is 11.3 Å². The number of methoxy groups -OCH3 is 1. The quantitative estimate of drug-likeness (QED) is 0.911. The van der Waals surface area contributed by atoms with E-state index >= 15 is 0 Å². The summed E-state index contributed by atoms with van der Waals surface area (Å²) in [6, 6.07) is 8.40. The Hall–Kier alpha value is -2.18. The van der Waals surface area contributed by atoms with Crippen LogP contribution < -0.4 is 10.1 Å². The van der Waals surface area contributed by atoms with Crippen LogP contribution in [0.5, 0.6) is 5.75 Å². The fourth-order valence-electron chi connectivity index (χ4n) is 3.85. The largest absolute Gasteiger partial charge is 0.497 e. The van der Waals surface area contributed by atoms with Crippen LogP contribution in [-0.4, -0.2) is 55.0 Å². The first-order valence-corrected chi connectivity index (χ1v) is 9.30. The van der Waals surface area contributed by atoms with Crippen molar-refractivity contribution in [3.05, 3.63) is 35.4 Å². The standard InChI is InChI=1S/C20H26N4O2/c1-24-10-3-4-15(12-24)21-20-17-9-11-26-13-18(17)19(22-23-20)14-5-7-16(25-2)8-6-14/h5-8,15H,3-4,9-13H2,1-2H3,(H,21,23). The number of rotatable bonds is 4. The molecular weight excluding hydrogens is 328 g/mol. The molecule has 1 saturated heterocycles. The van der Waals surface area contributed by atoms with Gasteiger partial charge < -0.3 is 19.7 Å². The zero-order chi connectivity index (χ0) is 17.9. The number of piperidine rings is 1. The molecule has 2 aliphatic rings. The van der Waals surface area contributed by atoms with E-state index in [1.54, 1.807) is 7.11 Å². The number of benzene rings is 1. The van der Waals surface area contributed by atoms with Crippen LogP contribution >= 0.6 is 0 Å². The summed E-state index contributed by atoms with van der Waals surface area (Å²) in [5.74, 6) is 1.77. The molecule has 0 radical (unpaired) electrons. The van der Waals surface area contributed by atoms with Crippen LogP contribution in [0.15, 0.2) is 24.3 Å². The third-order valence-corrected chi connectivity index (χ3v) is 5.26. The lowest BCUT2D eigenvalue weighted by molar-refractivity contribution is 0.111. The van der Waals surface area contributed by atoms with E-state index in [4.69, 9.17) is 9.47 Å². The highest BCUT2D eigenvalue weighted by molar-refractivity contribution is 5.68. The summed E-state index contributed by atoms with van der Waals surface area (Å²) < 4.78 is 11.0. The molecule has 0 aliphatic carbocycles. The molecule has 4 rings (SSSR count). The van der Waals surface area contributed by atoms with Crippen molar-refractivity contribution in [1.82, 2.24) is 15.1 Å². The van der Waals surface area contributed by atoms with Crippen molar-refractivity contribution in [3.8, 4) is 17.0 Å². The highest BCUT2D eigenvalue weighted by Crippen LogP contribution is 2.32. The number of hydrogen-bond acceptors (Lipinski definition) is 6. The Morgan fingerprint density at radius 1 is 1.19 bits per heavy atom. The maximum absolute atomic E-state index is 5.74. The molecule has 6 heteroatoms. The van der Waals surface area contributed by atoms with Gasteiger partial charge in [0, 0.05) is 29.3 Å². The predicted octanol–water partition coefficient (Wildman–Crippen LogP) is 2.73. The average Bonchev–Trinajstić information content (AvgIpc) is 2.68. The first-order valence-electron chi connectivity index (χ1n) is 9.30. The summed E-state index contributed by atoms with van der Waals surface area (Å²) in [6.45, 7) is 3.55. The van der Waals surface area contributed by atoms with Crippen molar-refractivity contribution in [2.75, 3.05) is 39.2 Å². The zero-order valence-electron chi connectivity index (χ0n) is 15.5. The Morgan fingerprint density at radius 2 is 2.04 bits per heavy atom. The number of aromatic nitrogens is 2. The monoisotopic (exact) mass is 354 g/mol. The van der Waals surface area contributed by atoms with Crippen LogP contribution in [0.4, 0.5) is 5.82 Å². The third-order valence-electron chi connectivity index (χ3n) is 5.26. The van der Waals surface area contributed by atoms with E-state index in [0.717, 1.165) is 48.0 Å². The van der Waals surface area contributed by atoms with Crippen molar-refractivity contribution < 1.29 is 9.47 Å². The zero-order valence-corrected chi connectivity index (χ0v) is 15.5. The van der Waals surface area contributed by atoms with Gasteiger partial charge in [0.25, 0.3) is 0 Å². The van der Waals surface area contributed by atoms with Crippen LogP contribution in [0, 0.1) is 0 Å². The number of nitrogens with zero attached hydrogens (tertiary/aromatic N) is 3. The molecule has 2 aliphatic heterocycles. The van der Waals surface area contributed by atoms with Gasteiger partial charge in [0.05, 0.1) is 26.0 Å². The molecule has 0 amide bonds. The van der Waals surface area contributed by atoms with Gasteiger partial charge >= 0.3 is 0 Å². The maximum atomic E-state index is 5.74. The first-order chi connectivity index (χ1) is 12.7. The Labute approximate surface area is 154 Å². The Balaban J connectivity index is 1.65. The molecule has 1 N–H and O–H groups in total. The molecule has 1 aromatic carbocycles. The number of nitrogens with one attached hydrogen (secondary N) is 1. The van der Waals surface area contributed by atoms with Crippen molar-refractivity contribution >= 4 is 5.82 Å². The van der Waals surface area contributed by atoms with Crippen LogP contribution in [0.1, 0.15) is 24.0 Å². The summed E-state index contributed by atoms with van der Waals surface area (Å²) >= 11 is 0. The number of hydrogen-bond donors (Lipinski definition) is 1. The van der Waals surface area contributed by atoms with E-state index < -0.39 is 0 Å². The molecule has 138 valence electrons. The number of likely N-dealkylation sites (tertiary alicyclic amines) is 1. The molecule has 6 nitrogen and oxygen atoms in total. The van der Waals surface area contributed by atoms with E-state index in [1.165, 1.54) is 24.9 Å². The van der Waals surface area contributed by atoms with Gasteiger partial charge in [-0.1, -0.05) is 0 Å². The lowest BCUT2D eigenvalue weighted by atomic mass is 9.98. The summed E-state index contributed by atoms with van der Waals surface area (Å²) in [7, 11) is 3.85. The van der Waals surface area contributed by atoms with E-state index in [0.29, 0.717) is 12.6 Å². The summed E-state index contributed by atoms with van der Waals surface area (Å²) in [6.07, 6.45) is 3.27. The van der Waals surface area contributed by atoms with E-state index in [2.05, 4.69) is 27.5 Å². The molecular formula is C20H26N4O2. The molecule has 2 aromatic rings. The lowest BCUT2D eigenvalue weighted by Crippen LogP contribution is -2.40. The SMILES string of the molecule is COc1ccc(-c2nnc(NC3CCCN(C)C3)c3c2COCC3)cc1. The van der Waals surface area contributed by atoms with Gasteiger partial charge in [0.15, 0.2) is 5.82 Å². The summed E-state index contributed by atoms with van der Waals surface area (Å²) in [5, 5.41) is 12.8. The second-order valence-corrected chi connectivity index (χ2v) is 7.13. The van der Waals surface area contributed by atoms with E-state index in [1.807, 2.05) is 24.3 Å². The van der Waals surface area contributed by atoms with Crippen molar-refractivity contribution in [2.24, 2.45) is 0 Å². The highest BCUT2D eigenvalue weighted by atomic mass is 16.5. The van der Waals surface area contributed by atoms with Crippen molar-refractivity contribution in [3.63, 3.8) is 0 Å². The van der Waals surface area contributed by atoms with Crippen LogP contribution in [0.2, 0.25) is 0 Å². The molecule has 26 heavy (non-hydrogen) atoms. The fourth-order valence-corrected chi connectivity index (χ4v) is 3.85. The minimum absolute atomic E-state index is 0.432. The van der Waals surface area contributed by atoms with Gasteiger partial charge in [-0.15, -0.1) is 10.2 Å². The fraction of sp³-hybridized carbons (Fsp3) is 0.500. The minimum Gasteiger partial charge on any atom is -0.497 e. The first kappa shape index (κ1) is 17.2. The van der Waals surface area contributed by atoms with Gasteiger partial charge in [-0.25, -0.2) is 0 Å².